The van der Waals surface area contributed by atoms with E-state index in [4.69, 9.17) is 16.6 Å². The molecular weight excluding hydrogens is 392 g/mol. The molecule has 0 radical (unpaired) electrons. The quantitative estimate of drug-likeness (QED) is 0.299. The van der Waals surface area contributed by atoms with Crippen molar-refractivity contribution in [3.05, 3.63) is 52.6 Å². The molecule has 2 aromatic rings. The number of anilines is 2. The number of nitrogen functional groups attached to an aromatic ring is 1. The molecule has 1 amide bonds. The van der Waals surface area contributed by atoms with Crippen molar-refractivity contribution < 1.29 is 4.79 Å². The highest BCUT2D eigenvalue weighted by atomic mass is 32.2. The first-order chi connectivity index (χ1) is 14.6. The van der Waals surface area contributed by atoms with Gasteiger partial charge in [-0.15, -0.1) is 0 Å². The molecular formula is C24H34N4OS. The third kappa shape index (κ3) is 6.00. The van der Waals surface area contributed by atoms with Crippen molar-refractivity contribution in [1.82, 2.24) is 0 Å². The van der Waals surface area contributed by atoms with E-state index in [1.807, 2.05) is 24.3 Å². The number of unbranched alkanes of at least 4 members (excludes halogenated alkanes) is 2. The van der Waals surface area contributed by atoms with E-state index in [0.717, 1.165) is 49.2 Å². The first-order valence-electron chi connectivity index (χ1n) is 11.0. The van der Waals surface area contributed by atoms with Gasteiger partial charge in [0.1, 0.15) is 0 Å². The summed E-state index contributed by atoms with van der Waals surface area (Å²) in [6.07, 6.45) is 10.7. The molecule has 0 aromatic heterocycles. The molecule has 0 heterocycles. The van der Waals surface area contributed by atoms with Crippen molar-refractivity contribution >= 4 is 29.2 Å². The number of rotatable bonds is 7. The summed E-state index contributed by atoms with van der Waals surface area (Å²) in [6.45, 7) is 0.724. The van der Waals surface area contributed by atoms with Gasteiger partial charge in [0.2, 0.25) is 5.91 Å². The molecule has 0 saturated carbocycles. The van der Waals surface area contributed by atoms with Crippen LogP contribution in [0.15, 0.2) is 35.2 Å². The number of nitrogens with two attached hydrogens (primary N) is 3. The summed E-state index contributed by atoms with van der Waals surface area (Å²) in [6, 6.07) is 9.84. The standard InChI is InChI=1S/C18H26N2O.C6H8N2S/c19-11-3-1-2-10-17(21)20-18-15-8-4-6-13(15)12-14-7-5-9-16(14)18;7-5-1-3-6(9-8)4-2-5/h12H,1-11,19H2,(H,20,21);1-4H,7-8H2. The van der Waals surface area contributed by atoms with Gasteiger partial charge in [0.05, 0.1) is 0 Å². The van der Waals surface area contributed by atoms with Crippen LogP contribution in [-0.4, -0.2) is 12.5 Å². The molecule has 0 bridgehead atoms. The predicted octanol–water partition coefficient (Wildman–Crippen LogP) is 4.36. The summed E-state index contributed by atoms with van der Waals surface area (Å²) in [5.74, 6) is 0.182. The third-order valence-electron chi connectivity index (χ3n) is 5.86. The first kappa shape index (κ1) is 22.7. The largest absolute Gasteiger partial charge is 0.399 e. The fourth-order valence-electron chi connectivity index (χ4n) is 4.32. The molecule has 0 spiro atoms. The van der Waals surface area contributed by atoms with Crippen LogP contribution in [0.3, 0.4) is 0 Å². The highest BCUT2D eigenvalue weighted by Gasteiger charge is 2.24. The van der Waals surface area contributed by atoms with Crippen LogP contribution in [0.25, 0.3) is 0 Å². The van der Waals surface area contributed by atoms with Gasteiger partial charge in [-0.25, -0.2) is 0 Å². The van der Waals surface area contributed by atoms with E-state index in [-0.39, 0.29) is 5.91 Å². The highest BCUT2D eigenvalue weighted by molar-refractivity contribution is 7.97. The smallest absolute Gasteiger partial charge is 0.224 e. The maximum Gasteiger partial charge on any atom is 0.224 e. The number of hydrogen-bond acceptors (Lipinski definition) is 5. The Kier molecular flexibility index (Phi) is 8.61. The molecule has 7 N–H and O–H groups in total. The van der Waals surface area contributed by atoms with Gasteiger partial charge in [-0.2, -0.15) is 0 Å². The molecule has 0 saturated heterocycles. The van der Waals surface area contributed by atoms with Crippen molar-refractivity contribution in [2.24, 2.45) is 10.9 Å². The number of nitrogens with one attached hydrogen (secondary N) is 1. The van der Waals surface area contributed by atoms with Gasteiger partial charge in [-0.3, -0.25) is 9.93 Å². The lowest BCUT2D eigenvalue weighted by atomic mass is 9.98. The number of benzene rings is 2. The molecule has 0 atom stereocenters. The summed E-state index contributed by atoms with van der Waals surface area (Å²) >= 11 is 1.22. The van der Waals surface area contributed by atoms with Crippen molar-refractivity contribution in [2.45, 2.75) is 69.1 Å². The van der Waals surface area contributed by atoms with Gasteiger partial charge >= 0.3 is 0 Å². The molecule has 6 heteroatoms. The van der Waals surface area contributed by atoms with Crippen molar-refractivity contribution in [3.63, 3.8) is 0 Å². The Morgan fingerprint density at radius 2 is 1.57 bits per heavy atom. The molecule has 30 heavy (non-hydrogen) atoms. The molecule has 162 valence electrons. The van der Waals surface area contributed by atoms with Crippen LogP contribution in [-0.2, 0) is 30.5 Å². The minimum absolute atomic E-state index is 0.182. The minimum Gasteiger partial charge on any atom is -0.399 e. The lowest BCUT2D eigenvalue weighted by Crippen LogP contribution is -2.15. The van der Waals surface area contributed by atoms with E-state index in [0.29, 0.717) is 6.42 Å². The van der Waals surface area contributed by atoms with E-state index in [1.165, 1.54) is 65.6 Å². The van der Waals surface area contributed by atoms with Gasteiger partial charge < -0.3 is 16.8 Å². The number of carbonyl (C=O) groups excluding carboxylic acids is 1. The Labute approximate surface area is 184 Å². The second-order valence-corrected chi connectivity index (χ2v) is 8.78. The second kappa shape index (κ2) is 11.4. The number of hydrogen-bond donors (Lipinski definition) is 4. The summed E-state index contributed by atoms with van der Waals surface area (Å²) in [7, 11) is 0. The molecule has 0 unspecified atom stereocenters. The van der Waals surface area contributed by atoms with Crippen molar-refractivity contribution in [1.29, 1.82) is 0 Å². The number of aryl methyl sites for hydroxylation is 2. The lowest BCUT2D eigenvalue weighted by Gasteiger charge is -2.16. The van der Waals surface area contributed by atoms with E-state index >= 15 is 0 Å². The Hall–Kier alpha value is -2.02. The fraction of sp³-hybridized carbons (Fsp3) is 0.458. The Morgan fingerprint density at radius 3 is 2.13 bits per heavy atom. The SMILES string of the molecule is NCCCCCC(=O)Nc1c2c(cc3c1CCC3)CCC2.NSc1ccc(N)cc1. The normalized spacial score (nSPS) is 13.9. The summed E-state index contributed by atoms with van der Waals surface area (Å²) in [4.78, 5) is 13.3. The zero-order valence-electron chi connectivity index (χ0n) is 17.7. The predicted molar refractivity (Wildman–Crippen MR) is 128 cm³/mol. The van der Waals surface area contributed by atoms with Crippen LogP contribution in [0.4, 0.5) is 11.4 Å². The van der Waals surface area contributed by atoms with Gasteiger partial charge in [0.25, 0.3) is 0 Å². The third-order valence-corrected chi connectivity index (χ3v) is 6.41. The van der Waals surface area contributed by atoms with Gasteiger partial charge in [-0.05, 0) is 116 Å². The summed E-state index contributed by atoms with van der Waals surface area (Å²) < 4.78 is 0. The topological polar surface area (TPSA) is 107 Å². The zero-order valence-corrected chi connectivity index (χ0v) is 18.5. The summed E-state index contributed by atoms with van der Waals surface area (Å²) in [5.41, 5.74) is 18.7. The molecule has 0 aliphatic heterocycles. The Balaban J connectivity index is 0.000000239. The van der Waals surface area contributed by atoms with Crippen LogP contribution >= 0.6 is 11.9 Å². The second-order valence-electron chi connectivity index (χ2n) is 8.07. The van der Waals surface area contributed by atoms with Crippen LogP contribution in [0, 0.1) is 0 Å². The van der Waals surface area contributed by atoms with E-state index in [2.05, 4.69) is 11.4 Å². The number of fused-ring (bicyclic) bond motifs is 2. The Morgan fingerprint density at radius 1 is 0.933 bits per heavy atom. The average molecular weight is 427 g/mol. The van der Waals surface area contributed by atoms with Crippen LogP contribution in [0.1, 0.15) is 60.8 Å². The molecule has 0 fully saturated rings. The molecule has 2 aliphatic rings. The molecule has 5 nitrogen and oxygen atoms in total. The van der Waals surface area contributed by atoms with Crippen LogP contribution < -0.4 is 21.9 Å². The van der Waals surface area contributed by atoms with Gasteiger partial charge in [-0.1, -0.05) is 12.5 Å². The number of amides is 1. The first-order valence-corrected chi connectivity index (χ1v) is 11.9. The minimum atomic E-state index is 0.182. The van der Waals surface area contributed by atoms with E-state index < -0.39 is 0 Å². The lowest BCUT2D eigenvalue weighted by molar-refractivity contribution is -0.116. The fourth-order valence-corrected chi connectivity index (χ4v) is 4.62. The monoisotopic (exact) mass is 426 g/mol. The molecule has 4 rings (SSSR count). The van der Waals surface area contributed by atoms with E-state index in [1.54, 1.807) is 0 Å². The maximum atomic E-state index is 12.2. The highest BCUT2D eigenvalue weighted by Crippen LogP contribution is 2.38. The van der Waals surface area contributed by atoms with Crippen LogP contribution in [0.2, 0.25) is 0 Å². The number of carbonyl (C=O) groups is 1. The van der Waals surface area contributed by atoms with Gasteiger partial charge in [0.15, 0.2) is 0 Å². The van der Waals surface area contributed by atoms with Crippen molar-refractivity contribution in [2.75, 3.05) is 17.6 Å². The molecule has 2 aliphatic carbocycles. The van der Waals surface area contributed by atoms with Gasteiger partial charge in [0, 0.05) is 22.7 Å². The van der Waals surface area contributed by atoms with Crippen LogP contribution in [0.5, 0.6) is 0 Å². The maximum absolute atomic E-state index is 12.2. The summed E-state index contributed by atoms with van der Waals surface area (Å²) in [5, 5.41) is 8.53. The van der Waals surface area contributed by atoms with E-state index in [9.17, 15) is 4.79 Å². The molecule has 2 aromatic carbocycles. The van der Waals surface area contributed by atoms with Crippen molar-refractivity contribution in [3.8, 4) is 0 Å². The Bertz CT molecular complexity index is 819. The average Bonchev–Trinajstić information content (AvgIpc) is 3.41. The zero-order chi connectivity index (χ0) is 21.3.